The molecule has 22 heavy (non-hydrogen) atoms. The molecular formula is C17H25NO3S. The average molecular weight is 323 g/mol. The first-order chi connectivity index (χ1) is 10.6. The molecule has 0 spiro atoms. The molecule has 1 aliphatic carbocycles. The van der Waals surface area contributed by atoms with Crippen molar-refractivity contribution in [2.24, 2.45) is 5.92 Å². The summed E-state index contributed by atoms with van der Waals surface area (Å²) in [6.45, 7) is 3.95. The van der Waals surface area contributed by atoms with Crippen LogP contribution in [-0.2, 0) is 22.4 Å². The molecule has 0 aliphatic heterocycles. The molecule has 1 aromatic rings. The summed E-state index contributed by atoms with van der Waals surface area (Å²) in [5.74, 6) is -0.483. The van der Waals surface area contributed by atoms with Crippen LogP contribution in [0.25, 0.3) is 0 Å². The lowest BCUT2D eigenvalue weighted by Crippen LogP contribution is -2.45. The number of fused-ring (bicyclic) bond motifs is 1. The van der Waals surface area contributed by atoms with E-state index in [1.807, 2.05) is 19.9 Å². The van der Waals surface area contributed by atoms with Gasteiger partial charge in [0, 0.05) is 4.88 Å². The predicted octanol–water partition coefficient (Wildman–Crippen LogP) is 3.33. The second-order valence-electron chi connectivity index (χ2n) is 5.98. The van der Waals surface area contributed by atoms with Gasteiger partial charge in [0.05, 0.1) is 12.0 Å². The lowest BCUT2D eigenvalue weighted by Gasteiger charge is -2.21. The van der Waals surface area contributed by atoms with E-state index in [1.54, 1.807) is 11.3 Å². The predicted molar refractivity (Wildman–Crippen MR) is 88.3 cm³/mol. The van der Waals surface area contributed by atoms with Gasteiger partial charge >= 0.3 is 5.97 Å². The van der Waals surface area contributed by atoms with E-state index in [2.05, 4.69) is 5.32 Å². The number of carbonyl (C=O) groups excluding carboxylic acids is 2. The average Bonchev–Trinajstić information content (AvgIpc) is 2.82. The van der Waals surface area contributed by atoms with Crippen LogP contribution in [0.4, 0.5) is 0 Å². The van der Waals surface area contributed by atoms with Crippen LogP contribution in [0.3, 0.4) is 0 Å². The highest BCUT2D eigenvalue weighted by molar-refractivity contribution is 7.14. The van der Waals surface area contributed by atoms with Crippen LogP contribution in [0.15, 0.2) is 6.07 Å². The van der Waals surface area contributed by atoms with E-state index in [0.717, 1.165) is 19.3 Å². The Balaban J connectivity index is 2.11. The van der Waals surface area contributed by atoms with Crippen LogP contribution in [0, 0.1) is 5.92 Å². The summed E-state index contributed by atoms with van der Waals surface area (Å²) in [4.78, 5) is 26.4. The molecule has 2 atom stereocenters. The molecule has 1 heterocycles. The van der Waals surface area contributed by atoms with Gasteiger partial charge in [-0.3, -0.25) is 4.79 Å². The monoisotopic (exact) mass is 323 g/mol. The number of nitrogens with one attached hydrogen (secondary N) is 1. The Kier molecular flexibility index (Phi) is 6.00. The number of hydrogen-bond acceptors (Lipinski definition) is 4. The molecule has 5 heteroatoms. The van der Waals surface area contributed by atoms with E-state index >= 15 is 0 Å². The fourth-order valence-electron chi connectivity index (χ4n) is 2.79. The molecule has 0 bridgehead atoms. The number of carbonyl (C=O) groups is 2. The first-order valence-electron chi connectivity index (χ1n) is 8.07. The minimum absolute atomic E-state index is 0.0502. The van der Waals surface area contributed by atoms with Crippen molar-refractivity contribution in [2.45, 2.75) is 58.4 Å². The van der Waals surface area contributed by atoms with Crippen molar-refractivity contribution in [1.29, 1.82) is 0 Å². The number of amides is 1. The molecule has 1 aromatic heterocycles. The van der Waals surface area contributed by atoms with Crippen molar-refractivity contribution < 1.29 is 14.3 Å². The third-order valence-corrected chi connectivity index (χ3v) is 5.66. The van der Waals surface area contributed by atoms with Gasteiger partial charge in [-0.2, -0.15) is 0 Å². The first kappa shape index (κ1) is 17.0. The van der Waals surface area contributed by atoms with E-state index in [4.69, 9.17) is 4.74 Å². The summed E-state index contributed by atoms with van der Waals surface area (Å²) in [6.07, 6.45) is 6.60. The Morgan fingerprint density at radius 1 is 1.32 bits per heavy atom. The van der Waals surface area contributed by atoms with Crippen molar-refractivity contribution in [2.75, 3.05) is 7.11 Å². The third-order valence-electron chi connectivity index (χ3n) is 4.43. The molecule has 0 aromatic carbocycles. The van der Waals surface area contributed by atoms with Gasteiger partial charge in [0.25, 0.3) is 5.91 Å². The summed E-state index contributed by atoms with van der Waals surface area (Å²) in [6, 6.07) is 1.43. The van der Waals surface area contributed by atoms with Gasteiger partial charge in [0.15, 0.2) is 0 Å². The van der Waals surface area contributed by atoms with Crippen LogP contribution in [-0.4, -0.2) is 25.0 Å². The number of thiophene rings is 1. The summed E-state index contributed by atoms with van der Waals surface area (Å²) >= 11 is 1.57. The van der Waals surface area contributed by atoms with Gasteiger partial charge in [0.1, 0.15) is 6.04 Å². The highest BCUT2D eigenvalue weighted by Crippen LogP contribution is 2.29. The van der Waals surface area contributed by atoms with Gasteiger partial charge in [-0.15, -0.1) is 11.3 Å². The molecule has 0 saturated heterocycles. The first-order valence-corrected chi connectivity index (χ1v) is 8.88. The van der Waals surface area contributed by atoms with E-state index in [0.29, 0.717) is 4.88 Å². The zero-order valence-corrected chi connectivity index (χ0v) is 14.4. The number of aryl methyl sites for hydroxylation is 2. The molecule has 0 fully saturated rings. The number of hydrogen-bond donors (Lipinski definition) is 1. The standard InChI is InChI=1S/C17H25NO3S/c1-4-11(2)15(17(20)21-3)18-16(19)14-10-12-8-6-5-7-9-13(12)22-14/h10-11,15H,4-9H2,1-3H3,(H,18,19)/t11-,15+/m0/s1. The summed E-state index contributed by atoms with van der Waals surface area (Å²) in [5.41, 5.74) is 1.31. The zero-order valence-electron chi connectivity index (χ0n) is 13.6. The van der Waals surface area contributed by atoms with E-state index < -0.39 is 6.04 Å². The quantitative estimate of drug-likeness (QED) is 0.668. The second-order valence-corrected chi connectivity index (χ2v) is 7.12. The minimum atomic E-state index is -0.579. The zero-order chi connectivity index (χ0) is 16.1. The van der Waals surface area contributed by atoms with Gasteiger partial charge in [-0.05, 0) is 43.2 Å². The van der Waals surface area contributed by atoms with Gasteiger partial charge in [-0.25, -0.2) is 4.79 Å². The highest BCUT2D eigenvalue weighted by atomic mass is 32.1. The van der Waals surface area contributed by atoms with Crippen molar-refractivity contribution >= 4 is 23.2 Å². The molecular weight excluding hydrogens is 298 g/mol. The second kappa shape index (κ2) is 7.77. The van der Waals surface area contributed by atoms with Crippen molar-refractivity contribution in [3.8, 4) is 0 Å². The molecule has 4 nitrogen and oxygen atoms in total. The Labute approximate surface area is 136 Å². The molecule has 1 N–H and O–H groups in total. The highest BCUT2D eigenvalue weighted by Gasteiger charge is 2.28. The molecule has 1 aliphatic rings. The van der Waals surface area contributed by atoms with E-state index in [1.165, 1.54) is 36.8 Å². The lowest BCUT2D eigenvalue weighted by molar-refractivity contribution is -0.144. The van der Waals surface area contributed by atoms with Crippen molar-refractivity contribution in [3.05, 3.63) is 21.4 Å². The van der Waals surface area contributed by atoms with Gasteiger partial charge < -0.3 is 10.1 Å². The number of rotatable bonds is 5. The molecule has 1 amide bonds. The van der Waals surface area contributed by atoms with Crippen LogP contribution in [0.2, 0.25) is 0 Å². The third kappa shape index (κ3) is 3.88. The maximum atomic E-state index is 12.5. The Morgan fingerprint density at radius 3 is 2.73 bits per heavy atom. The SMILES string of the molecule is CC[C@H](C)[C@@H](NC(=O)c1cc2c(s1)CCCCC2)C(=O)OC. The minimum Gasteiger partial charge on any atom is -0.467 e. The molecule has 2 rings (SSSR count). The Morgan fingerprint density at radius 2 is 2.05 bits per heavy atom. The summed E-state index contributed by atoms with van der Waals surface area (Å²) in [5, 5.41) is 2.86. The smallest absolute Gasteiger partial charge is 0.328 e. The van der Waals surface area contributed by atoms with Gasteiger partial charge in [-0.1, -0.05) is 26.7 Å². The molecule has 122 valence electrons. The Bertz CT molecular complexity index is 515. The van der Waals surface area contributed by atoms with Crippen molar-refractivity contribution in [1.82, 2.24) is 5.32 Å². The van der Waals surface area contributed by atoms with Crippen LogP contribution in [0.5, 0.6) is 0 Å². The molecule has 0 radical (unpaired) electrons. The van der Waals surface area contributed by atoms with Crippen LogP contribution < -0.4 is 5.32 Å². The number of esters is 1. The molecule has 0 unspecified atom stereocenters. The number of methoxy groups -OCH3 is 1. The van der Waals surface area contributed by atoms with Crippen LogP contribution in [0.1, 0.15) is 59.6 Å². The van der Waals surface area contributed by atoms with Crippen molar-refractivity contribution in [3.63, 3.8) is 0 Å². The number of ether oxygens (including phenoxy) is 1. The normalized spacial score (nSPS) is 17.0. The summed E-state index contributed by atoms with van der Waals surface area (Å²) in [7, 11) is 1.36. The largest absolute Gasteiger partial charge is 0.467 e. The maximum Gasteiger partial charge on any atom is 0.328 e. The molecule has 0 saturated carbocycles. The Hall–Kier alpha value is -1.36. The van der Waals surface area contributed by atoms with E-state index in [-0.39, 0.29) is 17.8 Å². The maximum absolute atomic E-state index is 12.5. The topological polar surface area (TPSA) is 55.4 Å². The lowest BCUT2D eigenvalue weighted by atomic mass is 9.99. The van der Waals surface area contributed by atoms with Gasteiger partial charge in [0.2, 0.25) is 0 Å². The fourth-order valence-corrected chi connectivity index (χ4v) is 3.94. The van der Waals surface area contributed by atoms with E-state index in [9.17, 15) is 9.59 Å². The van der Waals surface area contributed by atoms with Crippen LogP contribution >= 0.6 is 11.3 Å². The fraction of sp³-hybridized carbons (Fsp3) is 0.647. The summed E-state index contributed by atoms with van der Waals surface area (Å²) < 4.78 is 4.82.